The molecule has 0 amide bonds. The number of esters is 1. The predicted molar refractivity (Wildman–Crippen MR) is 60.3 cm³/mol. The monoisotopic (exact) mass is 204 g/mol. The van der Waals surface area contributed by atoms with Crippen LogP contribution in [0.3, 0.4) is 0 Å². The van der Waals surface area contributed by atoms with Crippen LogP contribution in [0, 0.1) is 0 Å². The van der Waals surface area contributed by atoms with E-state index in [1.165, 1.54) is 12.5 Å². The summed E-state index contributed by atoms with van der Waals surface area (Å²) >= 11 is 0. The Kier molecular flexibility index (Phi) is 4.61. The van der Waals surface area contributed by atoms with Crippen LogP contribution in [0.1, 0.15) is 25.8 Å². The van der Waals surface area contributed by atoms with Gasteiger partial charge in [-0.15, -0.1) is 0 Å². The fourth-order valence-corrected chi connectivity index (χ4v) is 1.27. The van der Waals surface area contributed by atoms with E-state index in [2.05, 4.69) is 19.1 Å². The number of allylic oxidation sites excluding steroid dienone is 1. The molecule has 0 N–H and O–H groups in total. The van der Waals surface area contributed by atoms with Crippen LogP contribution >= 0.6 is 0 Å². The van der Waals surface area contributed by atoms with Gasteiger partial charge in [-0.3, -0.25) is 4.79 Å². The van der Waals surface area contributed by atoms with Gasteiger partial charge in [-0.1, -0.05) is 37.3 Å². The molecule has 1 rings (SSSR count). The van der Waals surface area contributed by atoms with E-state index in [9.17, 15) is 4.79 Å². The van der Waals surface area contributed by atoms with Crippen LogP contribution in [0.2, 0.25) is 0 Å². The maximum Gasteiger partial charge on any atom is 0.307 e. The number of carbonyl (C=O) groups is 1. The molecule has 0 atom stereocenters. The third kappa shape index (κ3) is 4.45. The van der Waals surface area contributed by atoms with Crippen LogP contribution in [0.25, 0.3) is 0 Å². The number of hydrogen-bond donors (Lipinski definition) is 0. The Bertz CT molecular complexity index is 339. The van der Waals surface area contributed by atoms with Gasteiger partial charge in [0, 0.05) is 6.92 Å². The molecule has 0 unspecified atom stereocenters. The molecule has 0 heterocycles. The van der Waals surface area contributed by atoms with Gasteiger partial charge in [0.15, 0.2) is 0 Å². The number of benzene rings is 1. The minimum absolute atomic E-state index is 0.269. The van der Waals surface area contributed by atoms with E-state index >= 15 is 0 Å². The molecule has 0 saturated carbocycles. The molecule has 80 valence electrons. The smallest absolute Gasteiger partial charge is 0.307 e. The third-order valence-corrected chi connectivity index (χ3v) is 2.12. The lowest BCUT2D eigenvalue weighted by molar-refractivity contribution is -0.135. The van der Waals surface area contributed by atoms with Gasteiger partial charge in [-0.2, -0.15) is 0 Å². The Hall–Kier alpha value is -1.57. The Morgan fingerprint density at radius 3 is 2.53 bits per heavy atom. The van der Waals surface area contributed by atoms with Crippen LogP contribution in [-0.2, 0) is 16.0 Å². The zero-order valence-electron chi connectivity index (χ0n) is 9.19. The molecule has 1 aromatic carbocycles. The van der Waals surface area contributed by atoms with Crippen LogP contribution in [0.15, 0.2) is 42.2 Å². The first-order valence-electron chi connectivity index (χ1n) is 5.11. The number of carbonyl (C=O) groups excluding carboxylic acids is 1. The standard InChI is InChI=1S/C13H16O2/c1-3-12(10-15-11(2)14)9-13-7-5-4-6-8-13/h4-8,10H,3,9H2,1-2H3/b12-10+. The molecule has 0 radical (unpaired) electrons. The zero-order valence-corrected chi connectivity index (χ0v) is 9.19. The summed E-state index contributed by atoms with van der Waals surface area (Å²) in [6, 6.07) is 10.1. The van der Waals surface area contributed by atoms with Crippen molar-refractivity contribution < 1.29 is 9.53 Å². The second-order valence-electron chi connectivity index (χ2n) is 3.40. The van der Waals surface area contributed by atoms with E-state index in [4.69, 9.17) is 4.74 Å². The normalized spacial score (nSPS) is 11.2. The maximum absolute atomic E-state index is 10.6. The van der Waals surface area contributed by atoms with Crippen LogP contribution in [0.4, 0.5) is 0 Å². The lowest BCUT2D eigenvalue weighted by atomic mass is 10.0. The Balaban J connectivity index is 2.61. The summed E-state index contributed by atoms with van der Waals surface area (Å²) in [5.41, 5.74) is 2.36. The minimum atomic E-state index is -0.269. The molecule has 2 heteroatoms. The average Bonchev–Trinajstić information content (AvgIpc) is 2.25. The molecular formula is C13H16O2. The van der Waals surface area contributed by atoms with Crippen molar-refractivity contribution in [2.24, 2.45) is 0 Å². The molecular weight excluding hydrogens is 188 g/mol. The van der Waals surface area contributed by atoms with Gasteiger partial charge in [0.2, 0.25) is 0 Å². The average molecular weight is 204 g/mol. The molecule has 0 aliphatic heterocycles. The summed E-state index contributed by atoms with van der Waals surface area (Å²) in [5.74, 6) is -0.269. The summed E-state index contributed by atoms with van der Waals surface area (Å²) in [7, 11) is 0. The second-order valence-corrected chi connectivity index (χ2v) is 3.40. The molecule has 0 aliphatic rings. The van der Waals surface area contributed by atoms with E-state index in [-0.39, 0.29) is 5.97 Å². The van der Waals surface area contributed by atoms with Crippen LogP contribution in [0.5, 0.6) is 0 Å². The van der Waals surface area contributed by atoms with Crippen LogP contribution in [-0.4, -0.2) is 5.97 Å². The third-order valence-electron chi connectivity index (χ3n) is 2.12. The fraction of sp³-hybridized carbons (Fsp3) is 0.308. The van der Waals surface area contributed by atoms with Gasteiger partial charge in [0.05, 0.1) is 6.26 Å². The first-order valence-corrected chi connectivity index (χ1v) is 5.11. The largest absolute Gasteiger partial charge is 0.435 e. The topological polar surface area (TPSA) is 26.3 Å². The molecule has 0 bridgehead atoms. The molecule has 2 nitrogen and oxygen atoms in total. The molecule has 0 spiro atoms. The summed E-state index contributed by atoms with van der Waals surface area (Å²) in [6.07, 6.45) is 3.29. The number of ether oxygens (including phenoxy) is 1. The lowest BCUT2D eigenvalue weighted by Crippen LogP contribution is -1.95. The van der Waals surface area contributed by atoms with Gasteiger partial charge >= 0.3 is 5.97 Å². The van der Waals surface area contributed by atoms with Gasteiger partial charge in [-0.25, -0.2) is 0 Å². The highest BCUT2D eigenvalue weighted by atomic mass is 16.5. The van der Waals surface area contributed by atoms with Gasteiger partial charge < -0.3 is 4.74 Å². The molecule has 1 aromatic rings. The van der Waals surface area contributed by atoms with Gasteiger partial charge in [0.1, 0.15) is 0 Å². The van der Waals surface area contributed by atoms with E-state index in [0.29, 0.717) is 0 Å². The Morgan fingerprint density at radius 2 is 2.00 bits per heavy atom. The van der Waals surface area contributed by atoms with E-state index in [1.54, 1.807) is 6.26 Å². The van der Waals surface area contributed by atoms with E-state index in [1.807, 2.05) is 18.2 Å². The fourth-order valence-electron chi connectivity index (χ4n) is 1.27. The van der Waals surface area contributed by atoms with Crippen molar-refractivity contribution in [1.82, 2.24) is 0 Å². The summed E-state index contributed by atoms with van der Waals surface area (Å²) in [5, 5.41) is 0. The van der Waals surface area contributed by atoms with Crippen LogP contribution < -0.4 is 0 Å². The van der Waals surface area contributed by atoms with Gasteiger partial charge in [0.25, 0.3) is 0 Å². The zero-order chi connectivity index (χ0) is 11.1. The quantitative estimate of drug-likeness (QED) is 0.556. The van der Waals surface area contributed by atoms with Crippen molar-refractivity contribution in [2.75, 3.05) is 0 Å². The SMILES string of the molecule is CC/C(=C\OC(C)=O)Cc1ccccc1. The van der Waals surface area contributed by atoms with Crippen molar-refractivity contribution >= 4 is 5.97 Å². The first-order chi connectivity index (χ1) is 7.22. The van der Waals surface area contributed by atoms with E-state index < -0.39 is 0 Å². The van der Waals surface area contributed by atoms with Crippen molar-refractivity contribution in [2.45, 2.75) is 26.7 Å². The van der Waals surface area contributed by atoms with Gasteiger partial charge in [-0.05, 0) is 24.0 Å². The maximum atomic E-state index is 10.6. The molecule has 15 heavy (non-hydrogen) atoms. The first kappa shape index (κ1) is 11.5. The lowest BCUT2D eigenvalue weighted by Gasteiger charge is -2.04. The summed E-state index contributed by atoms with van der Waals surface area (Å²) < 4.78 is 4.87. The van der Waals surface area contributed by atoms with Crippen molar-refractivity contribution in [3.05, 3.63) is 47.7 Å². The molecule has 0 aromatic heterocycles. The Morgan fingerprint density at radius 1 is 1.33 bits per heavy atom. The van der Waals surface area contributed by atoms with Crippen molar-refractivity contribution in [3.8, 4) is 0 Å². The van der Waals surface area contributed by atoms with Crippen molar-refractivity contribution in [1.29, 1.82) is 0 Å². The summed E-state index contributed by atoms with van der Waals surface area (Å²) in [4.78, 5) is 10.6. The minimum Gasteiger partial charge on any atom is -0.435 e. The summed E-state index contributed by atoms with van der Waals surface area (Å²) in [6.45, 7) is 3.46. The predicted octanol–water partition coefficient (Wildman–Crippen LogP) is 3.09. The van der Waals surface area contributed by atoms with Crippen molar-refractivity contribution in [3.63, 3.8) is 0 Å². The molecule has 0 saturated heterocycles. The van der Waals surface area contributed by atoms with E-state index in [0.717, 1.165) is 18.4 Å². The Labute approximate surface area is 90.6 Å². The highest BCUT2D eigenvalue weighted by Crippen LogP contribution is 2.10. The molecule has 0 aliphatic carbocycles. The highest BCUT2D eigenvalue weighted by Gasteiger charge is 1.98. The highest BCUT2D eigenvalue weighted by molar-refractivity contribution is 5.66. The number of rotatable bonds is 4. The number of hydrogen-bond acceptors (Lipinski definition) is 2. The second kappa shape index (κ2) is 6.02. The molecule has 0 fully saturated rings.